The summed E-state index contributed by atoms with van der Waals surface area (Å²) in [5.41, 5.74) is 41.7. The normalized spacial score (nSPS) is 22.5. The first-order valence-corrected chi connectivity index (χ1v) is 51.7. The minimum absolute atomic E-state index is 0.00786. The third-order valence-electron chi connectivity index (χ3n) is 23.9. The highest BCUT2D eigenvalue weighted by Crippen LogP contribution is 2.26. The molecule has 0 saturated carbocycles. The van der Waals surface area contributed by atoms with Crippen molar-refractivity contribution in [2.75, 3.05) is 93.8 Å². The lowest BCUT2D eigenvalue weighted by atomic mass is 10.0. The Bertz CT molecular complexity index is 5080. The van der Waals surface area contributed by atoms with Gasteiger partial charge in [0, 0.05) is 129 Å². The Kier molecular flexibility index (Phi) is 49.8. The molecule has 2 aromatic carbocycles. The molecule has 804 valence electrons. The SMILES string of the molecule is CC(C)C[C@@H]1NC(=O)[C@H](CCCNC(=N)N)NC(=O)[C@H](Cc2ccccc2)NC(=O)[C@@H](NC(=O)[C@@H](N)CCCNC(=N)N)CSCCC(=O)N2CN3CN(C2)C(=O)CCSC[C@H](NC(=O)[C@@H]2CCCN2C1=O)C(=O)N[C@@H](CCCNC(=N)N)C(=O)N[C@@H](CCC(N)=O)C(=O)N[C@@H](C)C(=O)N[C@@H](CCCNC(=N)N)C(=O)N[C@H](C(=O)N[C@@H](CCCNC(=N)N)C(=O)N[C@@H](Cc1c[nH]c2ccccc12)C(=O)O)CSCCC3=O. The van der Waals surface area contributed by atoms with Gasteiger partial charge in [-0.2, -0.15) is 35.3 Å². The van der Waals surface area contributed by atoms with E-state index in [4.69, 9.17) is 67.2 Å². The molecule has 5 heterocycles. The minimum Gasteiger partial charge on any atom is -0.480 e. The van der Waals surface area contributed by atoms with Gasteiger partial charge in [-0.15, -0.1) is 0 Å². The van der Waals surface area contributed by atoms with Crippen LogP contribution in [-0.4, -0.2) is 344 Å². The summed E-state index contributed by atoms with van der Waals surface area (Å²) < 4.78 is 0. The molecule has 0 aliphatic carbocycles. The van der Waals surface area contributed by atoms with Gasteiger partial charge in [0.05, 0.1) is 26.0 Å². The lowest BCUT2D eigenvalue weighted by molar-refractivity contribution is -0.158. The monoisotopic (exact) mass is 2100 g/mol. The third kappa shape index (κ3) is 41.1. The average molecular weight is 2100 g/mol. The molecule has 4 fully saturated rings. The van der Waals surface area contributed by atoms with E-state index in [-0.39, 0.29) is 177 Å². The number of hydrogen-bond acceptors (Lipinski definition) is 27. The number of para-hydroxylation sites is 1. The molecule has 4 aliphatic rings. The van der Waals surface area contributed by atoms with E-state index >= 15 is 52.7 Å². The van der Waals surface area contributed by atoms with Crippen molar-refractivity contribution in [1.82, 2.24) is 115 Å². The van der Waals surface area contributed by atoms with Crippen LogP contribution in [0.15, 0.2) is 60.8 Å². The first kappa shape index (κ1) is 119. The zero-order chi connectivity index (χ0) is 107. The maximum Gasteiger partial charge on any atom is 0.326 e. The van der Waals surface area contributed by atoms with Crippen molar-refractivity contribution in [2.24, 2.45) is 46.1 Å². The molecule has 53 nitrogen and oxygen atoms in total. The summed E-state index contributed by atoms with van der Waals surface area (Å²) in [6.45, 7) is 3.23. The molecule has 7 rings (SSSR count). The van der Waals surface area contributed by atoms with Gasteiger partial charge in [0.25, 0.3) is 0 Å². The van der Waals surface area contributed by atoms with E-state index in [0.29, 0.717) is 22.0 Å². The minimum atomic E-state index is -1.77. The first-order chi connectivity index (χ1) is 69.4. The van der Waals surface area contributed by atoms with Gasteiger partial charge in [0.2, 0.25) is 100 Å². The number of carboxylic acid groups (broad SMARTS) is 1. The lowest BCUT2D eigenvalue weighted by Gasteiger charge is -2.42. The maximum absolute atomic E-state index is 15.4. The number of nitrogens with two attached hydrogens (primary N) is 7. The number of carboxylic acids is 1. The molecule has 3 aromatic rings. The summed E-state index contributed by atoms with van der Waals surface area (Å²) >= 11 is 2.85. The maximum atomic E-state index is 15.4. The van der Waals surface area contributed by atoms with Crippen LogP contribution in [0.1, 0.15) is 147 Å². The highest BCUT2D eigenvalue weighted by molar-refractivity contribution is 7.99. The quantitative estimate of drug-likeness (QED) is 0.0146. The highest BCUT2D eigenvalue weighted by atomic mass is 32.2. The highest BCUT2D eigenvalue weighted by Gasteiger charge is 2.43. The van der Waals surface area contributed by atoms with Crippen LogP contribution in [0.5, 0.6) is 0 Å². The summed E-state index contributed by atoms with van der Waals surface area (Å²) in [5.74, 6) is -21.3. The molecule has 0 spiro atoms. The fourth-order valence-electron chi connectivity index (χ4n) is 16.1. The molecular formula is C90H142N34O19S3. The Labute approximate surface area is 856 Å². The van der Waals surface area contributed by atoms with Gasteiger partial charge in [-0.3, -0.25) is 109 Å². The van der Waals surface area contributed by atoms with Gasteiger partial charge in [-0.25, -0.2) is 4.79 Å². The van der Waals surface area contributed by atoms with Crippen molar-refractivity contribution in [3.8, 4) is 0 Å². The predicted molar refractivity (Wildman–Crippen MR) is 546 cm³/mol. The number of H-pyrrole nitrogens is 1. The van der Waals surface area contributed by atoms with Gasteiger partial charge in [0.15, 0.2) is 29.8 Å². The summed E-state index contributed by atoms with van der Waals surface area (Å²) in [5, 5.41) is 95.1. The third-order valence-corrected chi connectivity index (χ3v) is 27.1. The number of amides is 17. The van der Waals surface area contributed by atoms with Gasteiger partial charge in [-0.05, 0) is 120 Å². The molecule has 4 aliphatic heterocycles. The standard InChI is InChI=1S/C90H142N34O19S3/c1-49(2)39-62-84(141)124-35-14-24-67(124)83(140)120-66-45-146-38-29-71(128)123-47-121(69(126)27-36-144-43-64(118-73(130)54(91)18-9-30-103-86(93)94)82(139)115-61(40-51-15-5-4-6-16-51)79(136)111-58(76(133)116-62)22-12-33-106-89(99)100)46-122(48-123)70(127)28-37-145-44-65(80(137)113-59(23-13-34-107-90(101)102)77(134)117-63(85(142)143)41-52-42-108-55-19-8-7-17-53(52)55)119-78(135)56(20-10-31-104-87(95)96)110-72(129)50(3)109-74(131)60(25-26-68(92)125)114-75(132)57(112-81(66)138)21-11-32-105-88(97)98/h4-8,15-17,19,42,49-50,54,56-67,108H,9-14,18,20-41,43-48,91H2,1-3H3,(H2,92,125)(H,109,131)(H,110,129)(H,111,136)(H,112,138)(H,113,137)(H,114,132)(H,115,139)(H,116,133)(H,117,134)(H,118,130)(H,119,135)(H,120,140)(H,142,143)(H4,93,94,103)(H4,95,96,104)(H4,97,98,105)(H4,99,100,106)(H4,101,102,107)/t50-,54-,56-,57-,58-,59-,60-,61-,62-,63-,64-,65-,66-,67-/m0/s1. The Balaban J connectivity index is 1.36. The second kappa shape index (κ2) is 61.2. The number of nitrogens with one attached hydrogen (secondary N) is 23. The number of thioether (sulfide) groups is 3. The number of aromatic nitrogens is 1. The van der Waals surface area contributed by atoms with E-state index < -0.39 is 272 Å². The van der Waals surface area contributed by atoms with Crippen LogP contribution < -0.4 is 131 Å². The van der Waals surface area contributed by atoms with E-state index in [9.17, 15) is 38.7 Å². The van der Waals surface area contributed by atoms with Crippen molar-refractivity contribution in [3.63, 3.8) is 0 Å². The van der Waals surface area contributed by atoms with Crippen molar-refractivity contribution in [3.05, 3.63) is 71.9 Å². The number of rotatable bonds is 36. The van der Waals surface area contributed by atoms with E-state index in [1.807, 2.05) is 0 Å². The summed E-state index contributed by atoms with van der Waals surface area (Å²) in [6.07, 6.45) is -1.90. The predicted octanol–water partition coefficient (Wildman–Crippen LogP) is -7.41. The van der Waals surface area contributed by atoms with Crippen LogP contribution >= 0.6 is 35.3 Å². The average Bonchev–Trinajstić information content (AvgIpc) is 1.68. The number of carbonyl (C=O) groups is 18. The number of primary amides is 1. The van der Waals surface area contributed by atoms with Crippen LogP contribution in [0.4, 0.5) is 0 Å². The number of benzene rings is 2. The van der Waals surface area contributed by atoms with Crippen LogP contribution in [-0.2, 0) is 99.1 Å². The molecule has 4 bridgehead atoms. The zero-order valence-corrected chi connectivity index (χ0v) is 84.5. The van der Waals surface area contributed by atoms with E-state index in [2.05, 4.69) is 95.4 Å². The summed E-state index contributed by atoms with van der Waals surface area (Å²) in [4.78, 5) is 274. The largest absolute Gasteiger partial charge is 0.480 e. The number of guanidine groups is 5. The Morgan fingerprint density at radius 3 is 1.47 bits per heavy atom. The second-order valence-corrected chi connectivity index (χ2v) is 39.5. The number of hydrogen-bond donors (Lipinski definition) is 31. The van der Waals surface area contributed by atoms with Crippen LogP contribution in [0, 0.1) is 33.0 Å². The fourth-order valence-corrected chi connectivity index (χ4v) is 19.0. The molecule has 14 atom stereocenters. The Hall–Kier alpha value is -14.2. The molecule has 38 N–H and O–H groups in total. The smallest absolute Gasteiger partial charge is 0.326 e. The molecule has 0 unspecified atom stereocenters. The van der Waals surface area contributed by atoms with Gasteiger partial charge in [0.1, 0.15) is 78.5 Å². The van der Waals surface area contributed by atoms with Crippen molar-refractivity contribution in [2.45, 2.75) is 234 Å². The number of carbonyl (C=O) groups excluding carboxylic acids is 17. The van der Waals surface area contributed by atoms with Crippen LogP contribution in [0.2, 0.25) is 0 Å². The Morgan fingerprint density at radius 1 is 0.486 bits per heavy atom. The number of aliphatic carboxylic acids is 1. The number of nitrogens with zero attached hydrogens (tertiary/aromatic N) is 4. The van der Waals surface area contributed by atoms with Crippen molar-refractivity contribution in [1.29, 1.82) is 27.0 Å². The van der Waals surface area contributed by atoms with Crippen LogP contribution in [0.3, 0.4) is 0 Å². The Morgan fingerprint density at radius 2 is 0.945 bits per heavy atom. The van der Waals surface area contributed by atoms with Gasteiger partial charge < -0.3 is 160 Å². The van der Waals surface area contributed by atoms with Gasteiger partial charge >= 0.3 is 5.97 Å². The van der Waals surface area contributed by atoms with E-state index in [1.165, 1.54) is 26.5 Å². The van der Waals surface area contributed by atoms with E-state index in [1.54, 1.807) is 74.6 Å². The zero-order valence-electron chi connectivity index (χ0n) is 82.0. The molecular weight excluding hydrogens is 1960 g/mol. The molecule has 4 saturated heterocycles. The summed E-state index contributed by atoms with van der Waals surface area (Å²) in [6, 6.07) is -6.64. The van der Waals surface area contributed by atoms with Crippen molar-refractivity contribution < 1.29 is 91.4 Å². The number of aromatic amines is 1. The lowest BCUT2D eigenvalue weighted by Crippen LogP contribution is -2.61. The molecule has 0 radical (unpaired) electrons. The van der Waals surface area contributed by atoms with Crippen molar-refractivity contribution >= 4 is 182 Å². The topological polar surface area (TPSA) is 862 Å². The van der Waals surface area contributed by atoms with Crippen LogP contribution in [0.25, 0.3) is 10.9 Å². The molecule has 146 heavy (non-hydrogen) atoms. The van der Waals surface area contributed by atoms with Gasteiger partial charge in [-0.1, -0.05) is 62.4 Å². The van der Waals surface area contributed by atoms with E-state index in [0.717, 1.165) is 35.3 Å². The fraction of sp³-hybridized carbons (Fsp3) is 0.589. The molecule has 17 amide bonds. The second-order valence-electron chi connectivity index (χ2n) is 36.0. The molecule has 56 heteroatoms. The first-order valence-electron chi connectivity index (χ1n) is 48.2. The molecule has 1 aromatic heterocycles. The summed E-state index contributed by atoms with van der Waals surface area (Å²) in [7, 11) is 0. The number of fused-ring (bicyclic) bond motifs is 9.